The highest BCUT2D eigenvalue weighted by Crippen LogP contribution is 2.14. The molecule has 0 aromatic heterocycles. The molecule has 0 radical (unpaired) electrons. The molecule has 0 amide bonds. The van der Waals surface area contributed by atoms with Crippen molar-refractivity contribution in [1.82, 2.24) is 5.48 Å². The number of rotatable bonds is 3. The van der Waals surface area contributed by atoms with Crippen LogP contribution in [-0.2, 0) is 9.63 Å². The molecule has 1 aliphatic heterocycles. The summed E-state index contributed by atoms with van der Waals surface area (Å²) in [5.41, 5.74) is 5.95. The van der Waals surface area contributed by atoms with Crippen molar-refractivity contribution >= 4 is 5.97 Å². The van der Waals surface area contributed by atoms with Gasteiger partial charge in [-0.05, 0) is 0 Å². The molecule has 0 spiro atoms. The van der Waals surface area contributed by atoms with Gasteiger partial charge in [-0.3, -0.25) is 4.79 Å². The second kappa shape index (κ2) is 3.10. The Hall–Kier alpha value is -1.11. The van der Waals surface area contributed by atoms with Crippen LogP contribution in [0.5, 0.6) is 0 Å². The van der Waals surface area contributed by atoms with Crippen LogP contribution in [0, 0.1) is 0 Å². The third-order valence-corrected chi connectivity index (χ3v) is 1.50. The van der Waals surface area contributed by atoms with Crippen molar-refractivity contribution in [3.63, 3.8) is 0 Å². The van der Waals surface area contributed by atoms with Gasteiger partial charge in [-0.2, -0.15) is 0 Å². The maximum Gasteiger partial charge on any atom is 0.320 e. The lowest BCUT2D eigenvalue weighted by Gasteiger charge is -2.20. The first-order valence-electron chi connectivity index (χ1n) is 3.35. The number of hydrogen-bond donors (Lipinski definition) is 4. The van der Waals surface area contributed by atoms with E-state index in [1.54, 1.807) is 0 Å². The maximum atomic E-state index is 10.3. The zero-order valence-electron chi connectivity index (χ0n) is 6.23. The Balaban J connectivity index is 2.49. The van der Waals surface area contributed by atoms with Crippen molar-refractivity contribution in [3.8, 4) is 0 Å². The van der Waals surface area contributed by atoms with E-state index in [4.69, 9.17) is 10.8 Å². The van der Waals surface area contributed by atoms with E-state index in [1.165, 1.54) is 12.3 Å². The van der Waals surface area contributed by atoms with Gasteiger partial charge in [0.15, 0.2) is 5.72 Å². The van der Waals surface area contributed by atoms with E-state index in [0.29, 0.717) is 0 Å². The predicted molar refractivity (Wildman–Crippen MR) is 38.5 cm³/mol. The van der Waals surface area contributed by atoms with Gasteiger partial charge in [0.05, 0.1) is 0 Å². The summed E-state index contributed by atoms with van der Waals surface area (Å²) in [6.07, 6.45) is 2.39. The summed E-state index contributed by atoms with van der Waals surface area (Å²) in [6, 6.07) is -1.12. The fraction of sp³-hybridized carbons (Fsp3) is 0.500. The lowest BCUT2D eigenvalue weighted by molar-refractivity contribution is -0.141. The molecule has 0 aromatic carbocycles. The molecule has 1 heterocycles. The molecule has 68 valence electrons. The Morgan fingerprint density at radius 3 is 2.92 bits per heavy atom. The van der Waals surface area contributed by atoms with Gasteiger partial charge in [0.1, 0.15) is 12.3 Å². The number of carboxylic acid groups (broad SMARTS) is 1. The van der Waals surface area contributed by atoms with E-state index < -0.39 is 17.7 Å². The van der Waals surface area contributed by atoms with Crippen LogP contribution in [0.2, 0.25) is 0 Å². The van der Waals surface area contributed by atoms with Crippen LogP contribution >= 0.6 is 0 Å². The second-order valence-electron chi connectivity index (χ2n) is 2.60. The normalized spacial score (nSPS) is 29.8. The number of nitrogens with one attached hydrogen (secondary N) is 1. The Bertz CT molecular complexity index is 218. The minimum absolute atomic E-state index is 0.140. The molecular weight excluding hydrogens is 164 g/mol. The monoisotopic (exact) mass is 174 g/mol. The van der Waals surface area contributed by atoms with Crippen molar-refractivity contribution < 1.29 is 19.8 Å². The first kappa shape index (κ1) is 8.98. The van der Waals surface area contributed by atoms with Gasteiger partial charge >= 0.3 is 5.97 Å². The molecule has 0 saturated heterocycles. The smallest absolute Gasteiger partial charge is 0.320 e. The molecule has 5 N–H and O–H groups in total. The summed E-state index contributed by atoms with van der Waals surface area (Å²) >= 11 is 0. The highest BCUT2D eigenvalue weighted by molar-refractivity contribution is 5.73. The van der Waals surface area contributed by atoms with Gasteiger partial charge in [-0.25, -0.2) is 0 Å². The molecule has 2 unspecified atom stereocenters. The van der Waals surface area contributed by atoms with Crippen molar-refractivity contribution in [2.24, 2.45) is 5.73 Å². The quantitative estimate of drug-likeness (QED) is 0.416. The number of carboxylic acids is 1. The number of carbonyl (C=O) groups is 1. The summed E-state index contributed by atoms with van der Waals surface area (Å²) in [7, 11) is 0. The molecule has 1 aliphatic rings. The van der Waals surface area contributed by atoms with Crippen molar-refractivity contribution in [1.29, 1.82) is 0 Å². The maximum absolute atomic E-state index is 10.3. The summed E-state index contributed by atoms with van der Waals surface area (Å²) in [5, 5.41) is 17.9. The molecule has 0 saturated carbocycles. The van der Waals surface area contributed by atoms with E-state index in [-0.39, 0.29) is 6.42 Å². The summed E-state index contributed by atoms with van der Waals surface area (Å²) in [6.45, 7) is 0. The van der Waals surface area contributed by atoms with Gasteiger partial charge in [0.2, 0.25) is 0 Å². The highest BCUT2D eigenvalue weighted by atomic mass is 16.7. The summed E-state index contributed by atoms with van der Waals surface area (Å²) in [5.74, 6) is -1.16. The molecule has 0 bridgehead atoms. The largest absolute Gasteiger partial charge is 0.480 e. The van der Waals surface area contributed by atoms with E-state index >= 15 is 0 Å². The van der Waals surface area contributed by atoms with Crippen LogP contribution in [-0.4, -0.2) is 27.9 Å². The number of aliphatic hydroxyl groups is 1. The van der Waals surface area contributed by atoms with Crippen LogP contribution in [0.25, 0.3) is 0 Å². The van der Waals surface area contributed by atoms with Gasteiger partial charge in [-0.1, -0.05) is 0 Å². The number of aliphatic carboxylic acids is 1. The van der Waals surface area contributed by atoms with E-state index in [2.05, 4.69) is 10.3 Å². The predicted octanol–water partition coefficient (Wildman–Crippen LogP) is -1.47. The molecule has 0 aliphatic carbocycles. The molecule has 6 nitrogen and oxygen atoms in total. The molecule has 6 heteroatoms. The number of hydroxylamine groups is 1. The number of nitrogens with two attached hydrogens (primary N) is 1. The van der Waals surface area contributed by atoms with Crippen LogP contribution in [0.3, 0.4) is 0 Å². The highest BCUT2D eigenvalue weighted by Gasteiger charge is 2.32. The minimum atomic E-state index is -1.46. The zero-order valence-corrected chi connectivity index (χ0v) is 6.23. The molecule has 0 aromatic rings. The summed E-state index contributed by atoms with van der Waals surface area (Å²) < 4.78 is 0. The van der Waals surface area contributed by atoms with Crippen LogP contribution < -0.4 is 11.2 Å². The minimum Gasteiger partial charge on any atom is -0.480 e. The van der Waals surface area contributed by atoms with E-state index in [9.17, 15) is 9.90 Å². The summed E-state index contributed by atoms with van der Waals surface area (Å²) in [4.78, 5) is 14.8. The van der Waals surface area contributed by atoms with Crippen LogP contribution in [0.15, 0.2) is 12.3 Å². The van der Waals surface area contributed by atoms with Crippen LogP contribution in [0.4, 0.5) is 0 Å². The third kappa shape index (κ3) is 1.94. The van der Waals surface area contributed by atoms with Gasteiger partial charge < -0.3 is 20.8 Å². The molecule has 12 heavy (non-hydrogen) atoms. The molecule has 2 atom stereocenters. The van der Waals surface area contributed by atoms with Gasteiger partial charge in [-0.15, -0.1) is 5.48 Å². The topological polar surface area (TPSA) is 105 Å². The average Bonchev–Trinajstić information content (AvgIpc) is 2.35. The SMILES string of the molecule is NC(CC1(O)C=CON1)C(=O)O. The molecule has 1 rings (SSSR count). The Kier molecular flexibility index (Phi) is 2.32. The first-order valence-corrected chi connectivity index (χ1v) is 3.35. The second-order valence-corrected chi connectivity index (χ2v) is 2.60. The van der Waals surface area contributed by atoms with Gasteiger partial charge in [0, 0.05) is 12.5 Å². The van der Waals surface area contributed by atoms with Crippen molar-refractivity contribution in [3.05, 3.63) is 12.3 Å². The first-order chi connectivity index (χ1) is 5.53. The Morgan fingerprint density at radius 2 is 2.50 bits per heavy atom. The van der Waals surface area contributed by atoms with E-state index in [0.717, 1.165) is 0 Å². The molecular formula is C6H10N2O4. The number of hydrogen-bond acceptors (Lipinski definition) is 5. The Labute approximate surface area is 68.6 Å². The van der Waals surface area contributed by atoms with E-state index in [1.807, 2.05) is 0 Å². The van der Waals surface area contributed by atoms with Crippen molar-refractivity contribution in [2.75, 3.05) is 0 Å². The van der Waals surface area contributed by atoms with Crippen LogP contribution in [0.1, 0.15) is 6.42 Å². The zero-order chi connectivity index (χ0) is 9.19. The fourth-order valence-electron chi connectivity index (χ4n) is 0.849. The standard InChI is InChI=1S/C6H10N2O4/c7-4(5(9)10)3-6(11)1-2-12-8-6/h1-2,4,8,11H,3,7H2,(H,9,10). The lowest BCUT2D eigenvalue weighted by atomic mass is 10.1. The lowest BCUT2D eigenvalue weighted by Crippen LogP contribution is -2.46. The average molecular weight is 174 g/mol. The molecule has 0 fully saturated rings. The van der Waals surface area contributed by atoms with Crippen molar-refractivity contribution in [2.45, 2.75) is 18.2 Å². The fourth-order valence-corrected chi connectivity index (χ4v) is 0.849. The van der Waals surface area contributed by atoms with Gasteiger partial charge in [0.25, 0.3) is 0 Å². The Morgan fingerprint density at radius 1 is 1.83 bits per heavy atom. The third-order valence-electron chi connectivity index (χ3n) is 1.50.